The molecule has 0 fully saturated rings. The van der Waals surface area contributed by atoms with Crippen LogP contribution in [-0.4, -0.2) is 16.1 Å². The topological polar surface area (TPSA) is 102 Å². The normalized spacial score (nSPS) is 10.0. The molecule has 13 heavy (non-hydrogen) atoms. The van der Waals surface area contributed by atoms with Crippen LogP contribution in [0.5, 0.6) is 0 Å². The van der Waals surface area contributed by atoms with Gasteiger partial charge in [0.2, 0.25) is 0 Å². The maximum atomic E-state index is 10.6. The van der Waals surface area contributed by atoms with E-state index >= 15 is 0 Å². The number of hydrogen-bond donors (Lipinski definition) is 3. The van der Waals surface area contributed by atoms with E-state index in [0.29, 0.717) is 11.4 Å². The largest absolute Gasteiger partial charge is 0.478 e. The molecule has 0 saturated carbocycles. The summed E-state index contributed by atoms with van der Waals surface area (Å²) >= 11 is 0. The molecule has 5 nitrogen and oxygen atoms in total. The molecule has 0 aliphatic heterocycles. The Labute approximate surface area is 75.4 Å². The highest BCUT2D eigenvalue weighted by Gasteiger charge is 2.06. The van der Waals surface area contributed by atoms with Crippen LogP contribution in [0.3, 0.4) is 0 Å². The third-order valence-electron chi connectivity index (χ3n) is 1.60. The summed E-state index contributed by atoms with van der Waals surface area (Å²) < 4.78 is 0. The average molecular weight is 181 g/mol. The number of hydrogen-bond acceptors (Lipinski definition) is 4. The summed E-state index contributed by atoms with van der Waals surface area (Å²) in [5.74, 6) is -0.994. The number of nitrogens with two attached hydrogens (primary N) is 2. The summed E-state index contributed by atoms with van der Waals surface area (Å²) in [4.78, 5) is 14.7. The SMILES string of the molecule is NCc1cc(C(=O)O)cc(CN)n1. The summed E-state index contributed by atoms with van der Waals surface area (Å²) in [5.41, 5.74) is 12.0. The Bertz CT molecular complexity index is 303. The van der Waals surface area contributed by atoms with Gasteiger partial charge in [-0.2, -0.15) is 0 Å². The molecule has 5 N–H and O–H groups in total. The highest BCUT2D eigenvalue weighted by atomic mass is 16.4. The minimum Gasteiger partial charge on any atom is -0.478 e. The van der Waals surface area contributed by atoms with Crippen LogP contribution in [0.15, 0.2) is 12.1 Å². The van der Waals surface area contributed by atoms with Crippen molar-refractivity contribution in [1.82, 2.24) is 4.98 Å². The highest BCUT2D eigenvalue weighted by Crippen LogP contribution is 2.05. The van der Waals surface area contributed by atoms with E-state index in [1.165, 1.54) is 12.1 Å². The van der Waals surface area contributed by atoms with Crippen LogP contribution in [0.1, 0.15) is 21.7 Å². The summed E-state index contributed by atoms with van der Waals surface area (Å²) in [6.07, 6.45) is 0. The van der Waals surface area contributed by atoms with Gasteiger partial charge in [-0.1, -0.05) is 0 Å². The molecule has 1 aromatic heterocycles. The van der Waals surface area contributed by atoms with E-state index in [1.54, 1.807) is 0 Å². The van der Waals surface area contributed by atoms with Crippen molar-refractivity contribution in [2.24, 2.45) is 11.5 Å². The quantitative estimate of drug-likeness (QED) is 0.594. The van der Waals surface area contributed by atoms with E-state index in [9.17, 15) is 4.79 Å². The van der Waals surface area contributed by atoms with Gasteiger partial charge in [0, 0.05) is 13.1 Å². The van der Waals surface area contributed by atoms with Gasteiger partial charge in [-0.3, -0.25) is 4.98 Å². The summed E-state index contributed by atoms with van der Waals surface area (Å²) in [6.45, 7) is 0.433. The van der Waals surface area contributed by atoms with Gasteiger partial charge in [-0.05, 0) is 12.1 Å². The second kappa shape index (κ2) is 3.97. The number of pyridine rings is 1. The molecular weight excluding hydrogens is 170 g/mol. The molecule has 0 saturated heterocycles. The maximum absolute atomic E-state index is 10.6. The Hall–Kier alpha value is -1.46. The Morgan fingerprint density at radius 1 is 1.31 bits per heavy atom. The van der Waals surface area contributed by atoms with Crippen molar-refractivity contribution >= 4 is 5.97 Å². The fourth-order valence-corrected chi connectivity index (χ4v) is 0.982. The number of carboxylic acid groups (broad SMARTS) is 1. The van der Waals surface area contributed by atoms with E-state index in [4.69, 9.17) is 16.6 Å². The molecule has 1 heterocycles. The lowest BCUT2D eigenvalue weighted by molar-refractivity contribution is 0.0696. The first-order valence-corrected chi connectivity index (χ1v) is 3.80. The van der Waals surface area contributed by atoms with E-state index < -0.39 is 5.97 Å². The molecule has 0 atom stereocenters. The maximum Gasteiger partial charge on any atom is 0.335 e. The van der Waals surface area contributed by atoms with Crippen molar-refractivity contribution in [3.63, 3.8) is 0 Å². The molecule has 70 valence electrons. The Morgan fingerprint density at radius 2 is 1.77 bits per heavy atom. The second-order valence-electron chi connectivity index (χ2n) is 2.55. The predicted octanol–water partition coefficient (Wildman–Crippen LogP) is -0.303. The molecule has 5 heteroatoms. The van der Waals surface area contributed by atoms with Crippen molar-refractivity contribution in [3.8, 4) is 0 Å². The number of aromatic carboxylic acids is 1. The third kappa shape index (κ3) is 2.24. The van der Waals surface area contributed by atoms with Crippen LogP contribution in [0.2, 0.25) is 0 Å². The van der Waals surface area contributed by atoms with Crippen molar-refractivity contribution < 1.29 is 9.90 Å². The first kappa shape index (κ1) is 9.63. The number of carbonyl (C=O) groups is 1. The molecule has 0 amide bonds. The van der Waals surface area contributed by atoms with Gasteiger partial charge in [0.25, 0.3) is 0 Å². The molecule has 0 bridgehead atoms. The van der Waals surface area contributed by atoms with Crippen molar-refractivity contribution in [1.29, 1.82) is 0 Å². The van der Waals surface area contributed by atoms with Gasteiger partial charge < -0.3 is 16.6 Å². The summed E-state index contributed by atoms with van der Waals surface area (Å²) in [5, 5.41) is 8.72. The van der Waals surface area contributed by atoms with Gasteiger partial charge in [-0.15, -0.1) is 0 Å². The van der Waals surface area contributed by atoms with E-state index in [0.717, 1.165) is 0 Å². The van der Waals surface area contributed by atoms with Crippen LogP contribution in [0.25, 0.3) is 0 Å². The van der Waals surface area contributed by atoms with Crippen LogP contribution in [0.4, 0.5) is 0 Å². The molecular formula is C8H11N3O2. The number of carboxylic acids is 1. The molecule has 0 spiro atoms. The molecule has 1 aromatic rings. The lowest BCUT2D eigenvalue weighted by atomic mass is 10.2. The Morgan fingerprint density at radius 3 is 2.08 bits per heavy atom. The zero-order valence-electron chi connectivity index (χ0n) is 7.03. The van der Waals surface area contributed by atoms with Crippen molar-refractivity contribution in [3.05, 3.63) is 29.1 Å². The molecule has 0 radical (unpaired) electrons. The molecule has 0 aliphatic rings. The summed E-state index contributed by atoms with van der Waals surface area (Å²) in [6, 6.07) is 2.89. The highest BCUT2D eigenvalue weighted by molar-refractivity contribution is 5.87. The van der Waals surface area contributed by atoms with Gasteiger partial charge in [0.05, 0.1) is 17.0 Å². The van der Waals surface area contributed by atoms with Gasteiger partial charge in [-0.25, -0.2) is 4.79 Å². The summed E-state index contributed by atoms with van der Waals surface area (Å²) in [7, 11) is 0. The van der Waals surface area contributed by atoms with Gasteiger partial charge in [0.1, 0.15) is 0 Å². The lowest BCUT2D eigenvalue weighted by Crippen LogP contribution is -2.09. The van der Waals surface area contributed by atoms with Crippen LogP contribution >= 0.6 is 0 Å². The third-order valence-corrected chi connectivity index (χ3v) is 1.60. The van der Waals surface area contributed by atoms with Crippen LogP contribution in [-0.2, 0) is 13.1 Å². The Kier molecular flexibility index (Phi) is 2.94. The fraction of sp³-hybridized carbons (Fsp3) is 0.250. The zero-order valence-corrected chi connectivity index (χ0v) is 7.03. The number of aromatic nitrogens is 1. The first-order valence-electron chi connectivity index (χ1n) is 3.80. The van der Waals surface area contributed by atoms with Crippen molar-refractivity contribution in [2.45, 2.75) is 13.1 Å². The average Bonchev–Trinajstić information content (AvgIpc) is 2.16. The minimum absolute atomic E-state index is 0.177. The van der Waals surface area contributed by atoms with Crippen molar-refractivity contribution in [2.75, 3.05) is 0 Å². The standard InChI is InChI=1S/C8H11N3O2/c9-3-6-1-5(8(12)13)2-7(4-10)11-6/h1-2H,3-4,9-10H2,(H,12,13). The zero-order chi connectivity index (χ0) is 9.84. The van der Waals surface area contributed by atoms with Crippen LogP contribution in [0, 0.1) is 0 Å². The predicted molar refractivity (Wildman–Crippen MR) is 47.0 cm³/mol. The monoisotopic (exact) mass is 181 g/mol. The molecule has 0 unspecified atom stereocenters. The van der Waals surface area contributed by atoms with E-state index in [1.807, 2.05) is 0 Å². The number of nitrogens with zero attached hydrogens (tertiary/aromatic N) is 1. The van der Waals surface area contributed by atoms with Gasteiger partial charge >= 0.3 is 5.97 Å². The fourth-order valence-electron chi connectivity index (χ4n) is 0.982. The van der Waals surface area contributed by atoms with E-state index in [2.05, 4.69) is 4.98 Å². The molecule has 0 aliphatic carbocycles. The lowest BCUT2D eigenvalue weighted by Gasteiger charge is -2.02. The Balaban J connectivity index is 3.14. The van der Waals surface area contributed by atoms with Gasteiger partial charge in [0.15, 0.2) is 0 Å². The molecule has 1 rings (SSSR count). The number of rotatable bonds is 3. The molecule has 0 aromatic carbocycles. The minimum atomic E-state index is -0.994. The van der Waals surface area contributed by atoms with Crippen LogP contribution < -0.4 is 11.5 Å². The second-order valence-corrected chi connectivity index (χ2v) is 2.55. The smallest absolute Gasteiger partial charge is 0.335 e. The van der Waals surface area contributed by atoms with E-state index in [-0.39, 0.29) is 18.7 Å². The first-order chi connectivity index (χ1) is 6.17.